The van der Waals surface area contributed by atoms with E-state index in [1.165, 1.54) is 25.1 Å². The number of rotatable bonds is 3. The fourth-order valence-electron chi connectivity index (χ4n) is 3.49. The number of anilines is 1. The first kappa shape index (κ1) is 13.1. The first-order chi connectivity index (χ1) is 9.54. The molecule has 1 aromatic heterocycles. The van der Waals surface area contributed by atoms with Crippen LogP contribution in [-0.4, -0.2) is 35.0 Å². The van der Waals surface area contributed by atoms with Crippen molar-refractivity contribution in [2.75, 3.05) is 12.4 Å². The van der Waals surface area contributed by atoms with Crippen LogP contribution in [0.4, 0.5) is 11.4 Å². The van der Waals surface area contributed by atoms with E-state index in [-0.39, 0.29) is 11.7 Å². The Morgan fingerprint density at radius 2 is 2.05 bits per heavy atom. The number of aromatic nitrogens is 1. The molecule has 0 saturated carbocycles. The third kappa shape index (κ3) is 2.29. The summed E-state index contributed by atoms with van der Waals surface area (Å²) in [4.78, 5) is 13.0. The van der Waals surface area contributed by atoms with Crippen LogP contribution in [-0.2, 0) is 0 Å². The number of fused-ring (bicyclic) bond motifs is 2. The Morgan fingerprint density at radius 3 is 2.65 bits per heavy atom. The molecule has 0 amide bonds. The Labute approximate surface area is 116 Å². The van der Waals surface area contributed by atoms with Crippen LogP contribution >= 0.6 is 0 Å². The molecule has 0 aromatic carbocycles. The molecule has 20 heavy (non-hydrogen) atoms. The van der Waals surface area contributed by atoms with E-state index in [9.17, 15) is 15.3 Å². The maximum absolute atomic E-state index is 11.3. The molecule has 0 radical (unpaired) electrons. The van der Waals surface area contributed by atoms with Gasteiger partial charge in [-0.15, -0.1) is 0 Å². The number of piperidine rings is 1. The van der Waals surface area contributed by atoms with E-state index in [0.717, 1.165) is 19.0 Å². The standard InChI is InChI=1S/C13H18N4O3/c1-15-10-2-3-11(15)7-9(6-10)14-12-8-16(18)5-4-13(12)17(19)20/h4-5,8-11,14H,2-3,6-7H2,1H3. The van der Waals surface area contributed by atoms with Crippen molar-refractivity contribution >= 4 is 11.4 Å². The second kappa shape index (κ2) is 4.90. The highest BCUT2D eigenvalue weighted by molar-refractivity contribution is 5.59. The van der Waals surface area contributed by atoms with Crippen LogP contribution in [0.2, 0.25) is 0 Å². The van der Waals surface area contributed by atoms with Gasteiger partial charge in [-0.25, -0.2) is 0 Å². The van der Waals surface area contributed by atoms with Crippen LogP contribution in [0, 0.1) is 15.3 Å². The summed E-state index contributed by atoms with van der Waals surface area (Å²) >= 11 is 0. The monoisotopic (exact) mass is 278 g/mol. The highest BCUT2D eigenvalue weighted by atomic mass is 16.6. The minimum atomic E-state index is -0.452. The van der Waals surface area contributed by atoms with E-state index in [0.29, 0.717) is 22.5 Å². The summed E-state index contributed by atoms with van der Waals surface area (Å²) in [5.74, 6) is 0. The number of hydrogen-bond donors (Lipinski definition) is 1. The van der Waals surface area contributed by atoms with Crippen LogP contribution in [0.25, 0.3) is 0 Å². The zero-order valence-electron chi connectivity index (χ0n) is 11.4. The molecule has 2 fully saturated rings. The molecule has 108 valence electrons. The van der Waals surface area contributed by atoms with Crippen molar-refractivity contribution in [1.29, 1.82) is 0 Å². The molecular formula is C13H18N4O3. The van der Waals surface area contributed by atoms with Gasteiger partial charge in [0, 0.05) is 18.1 Å². The van der Waals surface area contributed by atoms with Gasteiger partial charge >= 0.3 is 5.69 Å². The summed E-state index contributed by atoms with van der Waals surface area (Å²) < 4.78 is 0.596. The summed E-state index contributed by atoms with van der Waals surface area (Å²) in [6.45, 7) is 0. The quantitative estimate of drug-likeness (QED) is 0.389. The zero-order valence-corrected chi connectivity index (χ0v) is 11.4. The Morgan fingerprint density at radius 1 is 1.40 bits per heavy atom. The molecule has 7 nitrogen and oxygen atoms in total. The van der Waals surface area contributed by atoms with Crippen molar-refractivity contribution in [1.82, 2.24) is 4.90 Å². The van der Waals surface area contributed by atoms with Gasteiger partial charge < -0.3 is 15.4 Å². The number of nitro groups is 1. The van der Waals surface area contributed by atoms with E-state index in [4.69, 9.17) is 0 Å². The minimum Gasteiger partial charge on any atom is -0.619 e. The summed E-state index contributed by atoms with van der Waals surface area (Å²) in [6, 6.07) is 2.55. The maximum atomic E-state index is 11.3. The van der Waals surface area contributed by atoms with Crippen LogP contribution in [0.1, 0.15) is 25.7 Å². The van der Waals surface area contributed by atoms with Crippen LogP contribution in [0.5, 0.6) is 0 Å². The molecule has 0 aliphatic carbocycles. The molecule has 2 saturated heterocycles. The lowest BCUT2D eigenvalue weighted by Gasteiger charge is -2.36. The van der Waals surface area contributed by atoms with Gasteiger partial charge in [-0.3, -0.25) is 10.1 Å². The summed E-state index contributed by atoms with van der Waals surface area (Å²) in [5.41, 5.74) is 0.282. The van der Waals surface area contributed by atoms with Gasteiger partial charge in [0.25, 0.3) is 0 Å². The fraction of sp³-hybridized carbons (Fsp3) is 0.615. The first-order valence-electron chi connectivity index (χ1n) is 6.90. The molecule has 2 atom stereocenters. The van der Waals surface area contributed by atoms with E-state index >= 15 is 0 Å². The Balaban J connectivity index is 1.78. The third-order valence-electron chi connectivity index (χ3n) is 4.57. The highest BCUT2D eigenvalue weighted by Gasteiger charge is 2.39. The van der Waals surface area contributed by atoms with Gasteiger partial charge in [0.2, 0.25) is 6.20 Å². The van der Waals surface area contributed by atoms with Gasteiger partial charge in [-0.2, -0.15) is 4.73 Å². The van der Waals surface area contributed by atoms with E-state index in [2.05, 4.69) is 17.3 Å². The largest absolute Gasteiger partial charge is 0.619 e. The molecule has 3 heterocycles. The smallest absolute Gasteiger partial charge is 0.304 e. The highest BCUT2D eigenvalue weighted by Crippen LogP contribution is 2.36. The maximum Gasteiger partial charge on any atom is 0.304 e. The number of hydrogen-bond acceptors (Lipinski definition) is 5. The molecule has 2 aliphatic rings. The Kier molecular flexibility index (Phi) is 3.21. The third-order valence-corrected chi connectivity index (χ3v) is 4.57. The van der Waals surface area contributed by atoms with E-state index in [1.807, 2.05) is 0 Å². The minimum absolute atomic E-state index is 0.0385. The predicted molar refractivity (Wildman–Crippen MR) is 73.3 cm³/mol. The number of pyridine rings is 1. The normalized spacial score (nSPS) is 29.4. The van der Waals surface area contributed by atoms with E-state index < -0.39 is 4.92 Å². The lowest BCUT2D eigenvalue weighted by Crippen LogP contribution is -2.44. The van der Waals surface area contributed by atoms with Crippen molar-refractivity contribution in [3.8, 4) is 0 Å². The predicted octanol–water partition coefficient (Wildman–Crippen LogP) is 1.27. The lowest BCUT2D eigenvalue weighted by molar-refractivity contribution is -0.605. The lowest BCUT2D eigenvalue weighted by atomic mass is 9.98. The van der Waals surface area contributed by atoms with E-state index in [1.54, 1.807) is 0 Å². The average Bonchev–Trinajstić information content (AvgIpc) is 2.62. The molecule has 2 aliphatic heterocycles. The van der Waals surface area contributed by atoms with Crippen LogP contribution < -0.4 is 10.0 Å². The van der Waals surface area contributed by atoms with Crippen molar-refractivity contribution < 1.29 is 9.65 Å². The summed E-state index contributed by atoms with van der Waals surface area (Å²) in [5, 5.41) is 25.6. The van der Waals surface area contributed by atoms with Gasteiger partial charge in [0.1, 0.15) is 0 Å². The van der Waals surface area contributed by atoms with Crippen LogP contribution in [0.15, 0.2) is 18.5 Å². The van der Waals surface area contributed by atoms with Crippen molar-refractivity contribution in [2.24, 2.45) is 0 Å². The molecule has 0 spiro atoms. The summed E-state index contributed by atoms with van der Waals surface area (Å²) in [6.07, 6.45) is 6.73. The fourth-order valence-corrected chi connectivity index (χ4v) is 3.49. The molecule has 3 rings (SSSR count). The van der Waals surface area contributed by atoms with Crippen LogP contribution in [0.3, 0.4) is 0 Å². The van der Waals surface area contributed by atoms with Gasteiger partial charge in [-0.05, 0) is 32.7 Å². The number of nitrogens with one attached hydrogen (secondary N) is 1. The van der Waals surface area contributed by atoms with Crippen molar-refractivity contribution in [3.63, 3.8) is 0 Å². The number of nitrogens with zero attached hydrogens (tertiary/aromatic N) is 3. The van der Waals surface area contributed by atoms with Gasteiger partial charge in [0.15, 0.2) is 11.9 Å². The van der Waals surface area contributed by atoms with Gasteiger partial charge in [0.05, 0.1) is 11.0 Å². The molecule has 1 aromatic rings. The Hall–Kier alpha value is -1.89. The zero-order chi connectivity index (χ0) is 14.3. The molecule has 1 N–H and O–H groups in total. The Bertz CT molecular complexity index is 522. The second-order valence-electron chi connectivity index (χ2n) is 5.72. The van der Waals surface area contributed by atoms with Crippen molar-refractivity contribution in [2.45, 2.75) is 43.8 Å². The average molecular weight is 278 g/mol. The SMILES string of the molecule is CN1C2CCC1CC(Nc1c[n+]([O-])ccc1[N+](=O)[O-])C2. The first-order valence-corrected chi connectivity index (χ1v) is 6.90. The second-order valence-corrected chi connectivity index (χ2v) is 5.72. The molecular weight excluding hydrogens is 260 g/mol. The molecule has 7 heteroatoms. The summed E-state index contributed by atoms with van der Waals surface area (Å²) in [7, 11) is 2.15. The van der Waals surface area contributed by atoms with Gasteiger partial charge in [-0.1, -0.05) is 0 Å². The topological polar surface area (TPSA) is 85.3 Å². The molecule has 2 unspecified atom stereocenters. The van der Waals surface area contributed by atoms with Crippen molar-refractivity contribution in [3.05, 3.63) is 33.8 Å². The molecule has 2 bridgehead atoms.